The highest BCUT2D eigenvalue weighted by Gasteiger charge is 2.33. The number of halogens is 1. The Balaban J connectivity index is 1.91. The maximum Gasteiger partial charge on any atom is 0.410 e. The minimum Gasteiger partial charge on any atom is -0.444 e. The van der Waals surface area contributed by atoms with Crippen molar-refractivity contribution in [3.8, 4) is 0 Å². The molecule has 1 aromatic heterocycles. The monoisotopic (exact) mass is 345 g/mol. The van der Waals surface area contributed by atoms with Gasteiger partial charge in [-0.1, -0.05) is 11.6 Å². The van der Waals surface area contributed by atoms with Crippen LogP contribution in [-0.2, 0) is 11.2 Å². The predicted molar refractivity (Wildman–Crippen MR) is 90.1 cm³/mol. The van der Waals surface area contributed by atoms with Crippen molar-refractivity contribution in [1.82, 2.24) is 10.3 Å². The van der Waals surface area contributed by atoms with E-state index in [2.05, 4.69) is 5.43 Å². The Hall–Kier alpha value is -0.820. The summed E-state index contributed by atoms with van der Waals surface area (Å²) in [7, 11) is 0. The van der Waals surface area contributed by atoms with E-state index in [1.807, 2.05) is 32.9 Å². The lowest BCUT2D eigenvalue weighted by Crippen LogP contribution is -2.44. The molecule has 1 aliphatic heterocycles. The third-order valence-corrected chi connectivity index (χ3v) is 4.96. The van der Waals surface area contributed by atoms with E-state index < -0.39 is 5.60 Å². The Morgan fingerprint density at radius 1 is 1.59 bits per heavy atom. The summed E-state index contributed by atoms with van der Waals surface area (Å²) in [6.45, 7) is 7.02. The highest BCUT2D eigenvalue weighted by Crippen LogP contribution is 2.27. The van der Waals surface area contributed by atoms with Crippen LogP contribution in [-0.4, -0.2) is 35.7 Å². The van der Waals surface area contributed by atoms with Crippen LogP contribution in [0.2, 0.25) is 4.34 Å². The van der Waals surface area contributed by atoms with E-state index in [-0.39, 0.29) is 12.1 Å². The molecule has 0 aromatic carbocycles. The predicted octanol–water partition coefficient (Wildman–Crippen LogP) is 3.03. The lowest BCUT2D eigenvalue weighted by molar-refractivity contribution is 0.0285. The van der Waals surface area contributed by atoms with Gasteiger partial charge in [-0.3, -0.25) is 11.3 Å². The van der Waals surface area contributed by atoms with Crippen molar-refractivity contribution in [2.45, 2.75) is 45.3 Å². The average molecular weight is 346 g/mol. The van der Waals surface area contributed by atoms with Crippen LogP contribution in [0.25, 0.3) is 0 Å². The Morgan fingerprint density at radius 2 is 2.32 bits per heavy atom. The van der Waals surface area contributed by atoms with E-state index in [0.29, 0.717) is 19.0 Å². The molecular formula is C15H24ClN3O2S. The number of nitrogens with two attached hydrogens (primary N) is 1. The van der Waals surface area contributed by atoms with Crippen LogP contribution in [0, 0.1) is 5.92 Å². The average Bonchev–Trinajstić information content (AvgIpc) is 3.03. The standard InChI is InChI=1S/C15H24ClN3O2S/c1-15(2,3)21-14(20)19-7-6-10(9-19)12(18-17)8-11-4-5-13(16)22-11/h4-5,10,12,18H,6-9,17H2,1-3H3. The number of rotatable bonds is 4. The van der Waals surface area contributed by atoms with Crippen LogP contribution < -0.4 is 11.3 Å². The molecule has 2 rings (SSSR count). The summed E-state index contributed by atoms with van der Waals surface area (Å²) < 4.78 is 6.21. The van der Waals surface area contributed by atoms with Crippen molar-refractivity contribution in [2.75, 3.05) is 13.1 Å². The molecule has 0 spiro atoms. The van der Waals surface area contributed by atoms with Crippen LogP contribution in [0.1, 0.15) is 32.1 Å². The zero-order valence-corrected chi connectivity index (χ0v) is 14.8. The summed E-state index contributed by atoms with van der Waals surface area (Å²) in [6.07, 6.45) is 1.50. The van der Waals surface area contributed by atoms with Gasteiger partial charge < -0.3 is 9.64 Å². The van der Waals surface area contributed by atoms with Gasteiger partial charge in [-0.2, -0.15) is 0 Å². The lowest BCUT2D eigenvalue weighted by atomic mass is 9.96. The van der Waals surface area contributed by atoms with Gasteiger partial charge in [0.1, 0.15) is 5.60 Å². The van der Waals surface area contributed by atoms with Gasteiger partial charge in [-0.25, -0.2) is 4.79 Å². The van der Waals surface area contributed by atoms with Crippen LogP contribution >= 0.6 is 22.9 Å². The quantitative estimate of drug-likeness (QED) is 0.650. The van der Waals surface area contributed by atoms with E-state index in [1.54, 1.807) is 16.2 Å². The third kappa shape index (κ3) is 4.84. The molecule has 2 heterocycles. The second-order valence-corrected chi connectivity index (χ2v) is 8.46. The van der Waals surface area contributed by atoms with Crippen LogP contribution in [0.5, 0.6) is 0 Å². The molecule has 2 unspecified atom stereocenters. The van der Waals surface area contributed by atoms with Crippen molar-refractivity contribution < 1.29 is 9.53 Å². The second-order valence-electron chi connectivity index (χ2n) is 6.66. The topological polar surface area (TPSA) is 67.6 Å². The molecule has 2 atom stereocenters. The smallest absolute Gasteiger partial charge is 0.410 e. The SMILES string of the molecule is CC(C)(C)OC(=O)N1CCC(C(Cc2ccc(Cl)s2)NN)C1. The van der Waals surface area contributed by atoms with Crippen molar-refractivity contribution in [2.24, 2.45) is 11.8 Å². The molecule has 1 amide bonds. The number of ether oxygens (including phenoxy) is 1. The molecular weight excluding hydrogens is 322 g/mol. The van der Waals surface area contributed by atoms with Crippen LogP contribution in [0.15, 0.2) is 12.1 Å². The molecule has 1 aromatic rings. The van der Waals surface area contributed by atoms with Gasteiger partial charge >= 0.3 is 6.09 Å². The zero-order chi connectivity index (χ0) is 16.3. The fraction of sp³-hybridized carbons (Fsp3) is 0.667. The van der Waals surface area contributed by atoms with Gasteiger partial charge in [-0.05, 0) is 51.7 Å². The van der Waals surface area contributed by atoms with Crippen molar-refractivity contribution in [3.63, 3.8) is 0 Å². The summed E-state index contributed by atoms with van der Waals surface area (Å²) >= 11 is 7.54. The number of hydrazine groups is 1. The molecule has 3 N–H and O–H groups in total. The normalized spacial score (nSPS) is 20.2. The van der Waals surface area contributed by atoms with Gasteiger partial charge in [0, 0.05) is 24.0 Å². The third-order valence-electron chi connectivity index (χ3n) is 3.71. The van der Waals surface area contributed by atoms with Gasteiger partial charge in [0.15, 0.2) is 0 Å². The van der Waals surface area contributed by atoms with E-state index in [9.17, 15) is 4.79 Å². The Bertz CT molecular complexity index is 515. The number of carbonyl (C=O) groups excluding carboxylic acids is 1. The van der Waals surface area contributed by atoms with Crippen LogP contribution in [0.4, 0.5) is 4.79 Å². The first-order valence-electron chi connectivity index (χ1n) is 7.47. The Kier molecular flexibility index (Phi) is 5.71. The van der Waals surface area contributed by atoms with Gasteiger partial charge in [0.25, 0.3) is 0 Å². The lowest BCUT2D eigenvalue weighted by Gasteiger charge is -2.26. The highest BCUT2D eigenvalue weighted by atomic mass is 35.5. The molecule has 1 saturated heterocycles. The first-order chi connectivity index (χ1) is 10.3. The number of carbonyl (C=O) groups is 1. The minimum absolute atomic E-state index is 0.127. The Morgan fingerprint density at radius 3 is 2.86 bits per heavy atom. The molecule has 124 valence electrons. The maximum atomic E-state index is 12.1. The Labute approximate surface area is 140 Å². The highest BCUT2D eigenvalue weighted by molar-refractivity contribution is 7.16. The van der Waals surface area contributed by atoms with Gasteiger partial charge in [0.05, 0.1) is 4.34 Å². The van der Waals surface area contributed by atoms with E-state index in [0.717, 1.165) is 17.2 Å². The molecule has 0 radical (unpaired) electrons. The summed E-state index contributed by atoms with van der Waals surface area (Å²) in [4.78, 5) is 15.1. The van der Waals surface area contributed by atoms with Gasteiger partial charge in [0.2, 0.25) is 0 Å². The second kappa shape index (κ2) is 7.17. The van der Waals surface area contributed by atoms with Crippen molar-refractivity contribution in [1.29, 1.82) is 0 Å². The number of hydrogen-bond acceptors (Lipinski definition) is 5. The molecule has 1 fully saturated rings. The zero-order valence-electron chi connectivity index (χ0n) is 13.3. The van der Waals surface area contributed by atoms with E-state index in [1.165, 1.54) is 4.88 Å². The molecule has 0 saturated carbocycles. The number of nitrogens with one attached hydrogen (secondary N) is 1. The minimum atomic E-state index is -0.464. The molecule has 1 aliphatic rings. The molecule has 5 nitrogen and oxygen atoms in total. The number of hydrogen-bond donors (Lipinski definition) is 2. The maximum absolute atomic E-state index is 12.1. The molecule has 22 heavy (non-hydrogen) atoms. The van der Waals surface area contributed by atoms with Crippen molar-refractivity contribution >= 4 is 29.0 Å². The fourth-order valence-electron chi connectivity index (χ4n) is 2.65. The molecule has 0 aliphatic carbocycles. The largest absolute Gasteiger partial charge is 0.444 e. The fourth-order valence-corrected chi connectivity index (χ4v) is 3.79. The summed E-state index contributed by atoms with van der Waals surface area (Å²) in [5.74, 6) is 6.04. The molecule has 0 bridgehead atoms. The summed E-state index contributed by atoms with van der Waals surface area (Å²) in [6, 6.07) is 4.05. The first-order valence-corrected chi connectivity index (χ1v) is 8.66. The van der Waals surface area contributed by atoms with Crippen molar-refractivity contribution in [3.05, 3.63) is 21.3 Å². The van der Waals surface area contributed by atoms with Gasteiger partial charge in [-0.15, -0.1) is 11.3 Å². The number of nitrogens with zero attached hydrogens (tertiary/aromatic N) is 1. The van der Waals surface area contributed by atoms with Crippen LogP contribution in [0.3, 0.4) is 0 Å². The first kappa shape index (κ1) is 17.5. The summed E-state index contributed by atoms with van der Waals surface area (Å²) in [5.41, 5.74) is 2.43. The van der Waals surface area contributed by atoms with E-state index in [4.69, 9.17) is 22.2 Å². The number of thiophene rings is 1. The number of likely N-dealkylation sites (tertiary alicyclic amines) is 1. The van der Waals surface area contributed by atoms with E-state index >= 15 is 0 Å². The molecule has 7 heteroatoms. The number of amides is 1. The summed E-state index contributed by atoms with van der Waals surface area (Å²) in [5, 5.41) is 0.